The van der Waals surface area contributed by atoms with E-state index in [2.05, 4.69) is 11.6 Å². The van der Waals surface area contributed by atoms with E-state index in [4.69, 9.17) is 11.6 Å². The van der Waals surface area contributed by atoms with Crippen molar-refractivity contribution in [2.75, 3.05) is 13.6 Å². The summed E-state index contributed by atoms with van der Waals surface area (Å²) in [6, 6.07) is 3.24. The lowest BCUT2D eigenvalue weighted by Crippen LogP contribution is -2.15. The average Bonchev–Trinajstić information content (AvgIpc) is 2.22. The third-order valence-corrected chi connectivity index (χ3v) is 2.38. The summed E-state index contributed by atoms with van der Waals surface area (Å²) in [5, 5.41) is 9.69. The Bertz CT molecular complexity index is 416. The van der Waals surface area contributed by atoms with E-state index in [0.717, 1.165) is 17.8 Å². The molecule has 0 aromatic heterocycles. The molecule has 0 amide bonds. The molecule has 3 nitrogen and oxygen atoms in total. The Morgan fingerprint density at radius 2 is 2.25 bits per heavy atom. The van der Waals surface area contributed by atoms with Crippen LogP contribution >= 0.6 is 11.6 Å². The number of likely N-dealkylation sites (N-methyl/N-ethyl adjacent to an activating group) is 1. The molecule has 0 aliphatic heterocycles. The Morgan fingerprint density at radius 3 is 2.88 bits per heavy atom. The van der Waals surface area contributed by atoms with Crippen LogP contribution in [-0.4, -0.2) is 29.9 Å². The highest BCUT2D eigenvalue weighted by Crippen LogP contribution is 2.31. The van der Waals surface area contributed by atoms with Gasteiger partial charge in [0.1, 0.15) is 5.75 Å². The molecule has 1 aromatic carbocycles. The van der Waals surface area contributed by atoms with Gasteiger partial charge in [0.2, 0.25) is 0 Å². The van der Waals surface area contributed by atoms with Crippen molar-refractivity contribution in [3.63, 3.8) is 0 Å². The number of halogens is 1. The Labute approximate surface area is 101 Å². The fourth-order valence-corrected chi connectivity index (χ4v) is 1.36. The number of benzene rings is 1. The van der Waals surface area contributed by atoms with Crippen LogP contribution in [-0.2, 0) is 0 Å². The van der Waals surface area contributed by atoms with Crippen molar-refractivity contribution in [3.8, 4) is 5.75 Å². The van der Waals surface area contributed by atoms with Gasteiger partial charge < -0.3 is 10.0 Å². The normalized spacial score (nSPS) is 10.7. The van der Waals surface area contributed by atoms with Crippen molar-refractivity contribution in [2.45, 2.75) is 6.92 Å². The molecular formula is C12H15ClN2O. The SMILES string of the molecule is C=CCN(C)C=Nc1cc(Cl)c(O)cc1C. The summed E-state index contributed by atoms with van der Waals surface area (Å²) in [4.78, 5) is 6.18. The smallest absolute Gasteiger partial charge is 0.134 e. The number of hydrogen-bond acceptors (Lipinski definition) is 2. The van der Waals surface area contributed by atoms with Gasteiger partial charge in [0, 0.05) is 13.6 Å². The molecule has 0 unspecified atom stereocenters. The van der Waals surface area contributed by atoms with E-state index in [1.165, 1.54) is 0 Å². The first-order valence-corrected chi connectivity index (χ1v) is 5.27. The highest BCUT2D eigenvalue weighted by atomic mass is 35.5. The number of aromatic hydroxyl groups is 1. The predicted molar refractivity (Wildman–Crippen MR) is 68.8 cm³/mol. The van der Waals surface area contributed by atoms with Crippen LogP contribution in [0.5, 0.6) is 5.75 Å². The lowest BCUT2D eigenvalue weighted by molar-refractivity contribution is 0.475. The first-order chi connectivity index (χ1) is 7.54. The third kappa shape index (κ3) is 3.28. The molecular weight excluding hydrogens is 224 g/mol. The minimum absolute atomic E-state index is 0.0811. The quantitative estimate of drug-likeness (QED) is 0.497. The van der Waals surface area contributed by atoms with Gasteiger partial charge in [0.05, 0.1) is 17.0 Å². The molecule has 1 aromatic rings. The van der Waals surface area contributed by atoms with Crippen LogP contribution in [0.2, 0.25) is 5.02 Å². The fourth-order valence-electron chi connectivity index (χ4n) is 1.21. The van der Waals surface area contributed by atoms with Gasteiger partial charge in [-0.3, -0.25) is 0 Å². The molecule has 16 heavy (non-hydrogen) atoms. The van der Waals surface area contributed by atoms with Crippen molar-refractivity contribution >= 4 is 23.6 Å². The lowest BCUT2D eigenvalue weighted by atomic mass is 10.2. The van der Waals surface area contributed by atoms with Crippen LogP contribution in [0, 0.1) is 6.92 Å². The molecule has 4 heteroatoms. The lowest BCUT2D eigenvalue weighted by Gasteiger charge is -2.09. The highest BCUT2D eigenvalue weighted by Gasteiger charge is 2.03. The first kappa shape index (κ1) is 12.6. The summed E-state index contributed by atoms with van der Waals surface area (Å²) >= 11 is 5.81. The molecule has 0 aliphatic rings. The maximum atomic E-state index is 9.38. The number of phenolic OH excluding ortho intramolecular Hbond substituents is 1. The van der Waals surface area contributed by atoms with Crippen LogP contribution in [0.25, 0.3) is 0 Å². The summed E-state index contributed by atoms with van der Waals surface area (Å²) in [5.74, 6) is 0.0811. The molecule has 0 bridgehead atoms. The van der Waals surface area contributed by atoms with Crippen LogP contribution < -0.4 is 0 Å². The molecule has 0 heterocycles. The van der Waals surface area contributed by atoms with Gasteiger partial charge in [0.25, 0.3) is 0 Å². The van der Waals surface area contributed by atoms with Crippen molar-refractivity contribution in [1.82, 2.24) is 4.90 Å². The second-order valence-corrected chi connectivity index (χ2v) is 3.97. The molecule has 0 atom stereocenters. The molecule has 0 spiro atoms. The minimum atomic E-state index is 0.0811. The second-order valence-electron chi connectivity index (χ2n) is 3.56. The molecule has 0 aliphatic carbocycles. The number of rotatable bonds is 4. The van der Waals surface area contributed by atoms with Gasteiger partial charge in [0.15, 0.2) is 0 Å². The molecule has 0 fully saturated rings. The van der Waals surface area contributed by atoms with Crippen LogP contribution in [0.1, 0.15) is 5.56 Å². The summed E-state index contributed by atoms with van der Waals surface area (Å²) in [6.45, 7) is 6.24. The highest BCUT2D eigenvalue weighted by molar-refractivity contribution is 6.32. The summed E-state index contributed by atoms with van der Waals surface area (Å²) in [7, 11) is 1.91. The van der Waals surface area contributed by atoms with Gasteiger partial charge in [-0.15, -0.1) is 6.58 Å². The molecule has 0 radical (unpaired) electrons. The van der Waals surface area contributed by atoms with Crippen molar-refractivity contribution in [2.24, 2.45) is 4.99 Å². The van der Waals surface area contributed by atoms with E-state index in [1.807, 2.05) is 18.9 Å². The van der Waals surface area contributed by atoms with Crippen molar-refractivity contribution in [1.29, 1.82) is 0 Å². The average molecular weight is 239 g/mol. The third-order valence-electron chi connectivity index (χ3n) is 2.08. The summed E-state index contributed by atoms with van der Waals surface area (Å²) in [5.41, 5.74) is 1.63. The zero-order valence-corrected chi connectivity index (χ0v) is 10.2. The summed E-state index contributed by atoms with van der Waals surface area (Å²) in [6.07, 6.45) is 3.50. The van der Waals surface area contributed by atoms with E-state index in [1.54, 1.807) is 24.5 Å². The standard InChI is InChI=1S/C12H15ClN2O/c1-4-5-15(3)8-14-11-7-10(13)12(16)6-9(11)2/h4,6-8,16H,1,5H2,2-3H3. The molecule has 86 valence electrons. The zero-order valence-electron chi connectivity index (χ0n) is 9.44. The number of phenols is 1. The van der Waals surface area contributed by atoms with Gasteiger partial charge >= 0.3 is 0 Å². The van der Waals surface area contributed by atoms with E-state index in [9.17, 15) is 5.11 Å². The topological polar surface area (TPSA) is 35.8 Å². The maximum Gasteiger partial charge on any atom is 0.134 e. The van der Waals surface area contributed by atoms with Gasteiger partial charge in [-0.05, 0) is 24.6 Å². The number of aryl methyl sites for hydroxylation is 1. The fraction of sp³-hybridized carbons (Fsp3) is 0.250. The number of nitrogens with zero attached hydrogens (tertiary/aromatic N) is 2. The minimum Gasteiger partial charge on any atom is -0.506 e. The van der Waals surface area contributed by atoms with Crippen LogP contribution in [0.15, 0.2) is 29.8 Å². The number of aliphatic imine (C=N–C) groups is 1. The molecule has 0 saturated carbocycles. The van der Waals surface area contributed by atoms with Gasteiger partial charge in [-0.25, -0.2) is 4.99 Å². The maximum absolute atomic E-state index is 9.38. The Kier molecular flexibility index (Phi) is 4.38. The van der Waals surface area contributed by atoms with E-state index < -0.39 is 0 Å². The van der Waals surface area contributed by atoms with E-state index >= 15 is 0 Å². The molecule has 1 N–H and O–H groups in total. The first-order valence-electron chi connectivity index (χ1n) is 4.89. The monoisotopic (exact) mass is 238 g/mol. The van der Waals surface area contributed by atoms with Crippen molar-refractivity contribution < 1.29 is 5.11 Å². The van der Waals surface area contributed by atoms with E-state index in [0.29, 0.717) is 5.02 Å². The zero-order chi connectivity index (χ0) is 12.1. The van der Waals surface area contributed by atoms with Gasteiger partial charge in [-0.2, -0.15) is 0 Å². The Morgan fingerprint density at radius 1 is 1.56 bits per heavy atom. The number of hydrogen-bond donors (Lipinski definition) is 1. The predicted octanol–water partition coefficient (Wildman–Crippen LogP) is 3.13. The molecule has 0 saturated heterocycles. The van der Waals surface area contributed by atoms with Crippen LogP contribution in [0.3, 0.4) is 0 Å². The Hall–Kier alpha value is -1.48. The van der Waals surface area contributed by atoms with Crippen molar-refractivity contribution in [3.05, 3.63) is 35.4 Å². The largest absolute Gasteiger partial charge is 0.506 e. The Balaban J connectivity index is 2.89. The second kappa shape index (κ2) is 5.56. The van der Waals surface area contributed by atoms with Crippen LogP contribution in [0.4, 0.5) is 5.69 Å². The molecule has 1 rings (SSSR count). The summed E-state index contributed by atoms with van der Waals surface area (Å²) < 4.78 is 0. The van der Waals surface area contributed by atoms with E-state index in [-0.39, 0.29) is 5.75 Å². The van der Waals surface area contributed by atoms with Gasteiger partial charge in [-0.1, -0.05) is 17.7 Å².